The number of aliphatic hydroxyl groups excluding tert-OH is 1. The van der Waals surface area contributed by atoms with E-state index in [-0.39, 0.29) is 6.73 Å². The smallest absolute Gasteiger partial charge is 0.121 e. The molecule has 0 amide bonds. The van der Waals surface area contributed by atoms with Crippen molar-refractivity contribution in [1.29, 1.82) is 0 Å². The van der Waals surface area contributed by atoms with E-state index in [0.717, 1.165) is 16.9 Å². The SMILES string of the molecule is CC(C)c1nc2ccccc2n1CO. The average Bonchev–Trinajstić information content (AvgIpc) is 2.56. The number of aliphatic hydroxyl groups is 1. The van der Waals surface area contributed by atoms with Gasteiger partial charge < -0.3 is 9.67 Å². The third kappa shape index (κ3) is 1.30. The number of benzene rings is 1. The van der Waals surface area contributed by atoms with Crippen molar-refractivity contribution in [3.63, 3.8) is 0 Å². The molecular formula is C11H14N2O. The van der Waals surface area contributed by atoms with Crippen molar-refractivity contribution >= 4 is 11.0 Å². The molecule has 3 heteroatoms. The van der Waals surface area contributed by atoms with Crippen LogP contribution in [0.25, 0.3) is 11.0 Å². The van der Waals surface area contributed by atoms with Crippen LogP contribution in [0.3, 0.4) is 0 Å². The zero-order chi connectivity index (χ0) is 10.1. The van der Waals surface area contributed by atoms with E-state index >= 15 is 0 Å². The topological polar surface area (TPSA) is 38.0 Å². The number of nitrogens with zero attached hydrogens (tertiary/aromatic N) is 2. The Balaban J connectivity index is 2.72. The highest BCUT2D eigenvalue weighted by Crippen LogP contribution is 2.20. The Bertz CT molecular complexity index is 445. The van der Waals surface area contributed by atoms with Crippen molar-refractivity contribution in [2.24, 2.45) is 0 Å². The van der Waals surface area contributed by atoms with Gasteiger partial charge in [-0.05, 0) is 12.1 Å². The Kier molecular flexibility index (Phi) is 2.25. The Labute approximate surface area is 83.0 Å². The van der Waals surface area contributed by atoms with Crippen LogP contribution in [0.4, 0.5) is 0 Å². The summed E-state index contributed by atoms with van der Waals surface area (Å²) < 4.78 is 1.85. The summed E-state index contributed by atoms with van der Waals surface area (Å²) in [5.74, 6) is 1.27. The van der Waals surface area contributed by atoms with Gasteiger partial charge in [0.15, 0.2) is 0 Å². The van der Waals surface area contributed by atoms with Crippen molar-refractivity contribution in [2.45, 2.75) is 26.5 Å². The van der Waals surface area contributed by atoms with E-state index in [9.17, 15) is 5.11 Å². The van der Waals surface area contributed by atoms with Crippen molar-refractivity contribution < 1.29 is 5.11 Å². The van der Waals surface area contributed by atoms with Gasteiger partial charge in [0.25, 0.3) is 0 Å². The van der Waals surface area contributed by atoms with E-state index in [2.05, 4.69) is 18.8 Å². The summed E-state index contributed by atoms with van der Waals surface area (Å²) in [6, 6.07) is 7.86. The van der Waals surface area contributed by atoms with Crippen LogP contribution >= 0.6 is 0 Å². The first kappa shape index (κ1) is 9.21. The second-order valence-electron chi connectivity index (χ2n) is 3.68. The standard InChI is InChI=1S/C11H14N2O/c1-8(2)11-12-9-5-3-4-6-10(9)13(11)7-14/h3-6,8,14H,7H2,1-2H3. The first-order valence-corrected chi connectivity index (χ1v) is 4.80. The van der Waals surface area contributed by atoms with Gasteiger partial charge in [-0.15, -0.1) is 0 Å². The van der Waals surface area contributed by atoms with Gasteiger partial charge >= 0.3 is 0 Å². The zero-order valence-electron chi connectivity index (χ0n) is 8.44. The molecule has 0 spiro atoms. The van der Waals surface area contributed by atoms with Crippen LogP contribution in [-0.4, -0.2) is 14.7 Å². The lowest BCUT2D eigenvalue weighted by atomic mass is 10.2. The molecule has 0 saturated heterocycles. The monoisotopic (exact) mass is 190 g/mol. The second kappa shape index (κ2) is 3.42. The highest BCUT2D eigenvalue weighted by atomic mass is 16.3. The van der Waals surface area contributed by atoms with Crippen LogP contribution in [-0.2, 0) is 6.73 Å². The van der Waals surface area contributed by atoms with Crippen molar-refractivity contribution in [3.8, 4) is 0 Å². The van der Waals surface area contributed by atoms with Crippen LogP contribution in [0.15, 0.2) is 24.3 Å². The normalized spacial score (nSPS) is 11.4. The lowest BCUT2D eigenvalue weighted by Crippen LogP contribution is -2.04. The maximum absolute atomic E-state index is 9.28. The van der Waals surface area contributed by atoms with Crippen LogP contribution < -0.4 is 0 Å². The predicted octanol–water partition coefficient (Wildman–Crippen LogP) is 2.11. The molecule has 0 bridgehead atoms. The highest BCUT2D eigenvalue weighted by molar-refractivity contribution is 5.75. The molecule has 3 nitrogen and oxygen atoms in total. The third-order valence-corrected chi connectivity index (χ3v) is 2.34. The molecule has 0 aliphatic heterocycles. The number of fused-ring (bicyclic) bond motifs is 1. The number of hydrogen-bond donors (Lipinski definition) is 1. The van der Waals surface area contributed by atoms with Gasteiger partial charge in [0.05, 0.1) is 11.0 Å². The third-order valence-electron chi connectivity index (χ3n) is 2.34. The van der Waals surface area contributed by atoms with Crippen molar-refractivity contribution in [2.75, 3.05) is 0 Å². The van der Waals surface area contributed by atoms with Gasteiger partial charge in [-0.2, -0.15) is 0 Å². The molecule has 0 atom stereocenters. The molecular weight excluding hydrogens is 176 g/mol. The van der Waals surface area contributed by atoms with Gasteiger partial charge in [0.1, 0.15) is 12.6 Å². The molecule has 74 valence electrons. The molecule has 1 aromatic carbocycles. The fourth-order valence-corrected chi connectivity index (χ4v) is 1.68. The molecule has 0 aliphatic carbocycles. The van der Waals surface area contributed by atoms with Crippen LogP contribution in [0.5, 0.6) is 0 Å². The van der Waals surface area contributed by atoms with Gasteiger partial charge in [-0.1, -0.05) is 26.0 Å². The molecule has 1 heterocycles. The Hall–Kier alpha value is -1.35. The maximum atomic E-state index is 9.28. The lowest BCUT2D eigenvalue weighted by molar-refractivity contribution is 0.209. The lowest BCUT2D eigenvalue weighted by Gasteiger charge is -2.07. The van der Waals surface area contributed by atoms with Gasteiger partial charge in [-0.3, -0.25) is 0 Å². The minimum absolute atomic E-state index is 0.00593. The molecule has 0 unspecified atom stereocenters. The van der Waals surface area contributed by atoms with Crippen molar-refractivity contribution in [1.82, 2.24) is 9.55 Å². The van der Waals surface area contributed by atoms with E-state index in [0.29, 0.717) is 5.92 Å². The van der Waals surface area contributed by atoms with Gasteiger partial charge in [0.2, 0.25) is 0 Å². The van der Waals surface area contributed by atoms with Crippen molar-refractivity contribution in [3.05, 3.63) is 30.1 Å². The molecule has 0 radical (unpaired) electrons. The van der Waals surface area contributed by atoms with E-state index in [1.807, 2.05) is 28.8 Å². The van der Waals surface area contributed by atoms with Gasteiger partial charge in [-0.25, -0.2) is 4.98 Å². The Morgan fingerprint density at radius 2 is 2.07 bits per heavy atom. The summed E-state index contributed by atoms with van der Waals surface area (Å²) in [5, 5.41) is 9.28. The van der Waals surface area contributed by atoms with Crippen LogP contribution in [0, 0.1) is 0 Å². The minimum Gasteiger partial charge on any atom is -0.376 e. The van der Waals surface area contributed by atoms with E-state index in [1.54, 1.807) is 0 Å². The number of imidazole rings is 1. The summed E-state index contributed by atoms with van der Waals surface area (Å²) in [6.45, 7) is 4.15. The summed E-state index contributed by atoms with van der Waals surface area (Å²) in [7, 11) is 0. The number of aromatic nitrogens is 2. The Morgan fingerprint density at radius 3 is 2.71 bits per heavy atom. The fourth-order valence-electron chi connectivity index (χ4n) is 1.68. The maximum Gasteiger partial charge on any atom is 0.121 e. The zero-order valence-corrected chi connectivity index (χ0v) is 8.44. The van der Waals surface area contributed by atoms with Crippen LogP contribution in [0.1, 0.15) is 25.6 Å². The van der Waals surface area contributed by atoms with Gasteiger partial charge in [0, 0.05) is 5.92 Å². The number of hydrogen-bond acceptors (Lipinski definition) is 2. The molecule has 14 heavy (non-hydrogen) atoms. The number of para-hydroxylation sites is 2. The Morgan fingerprint density at radius 1 is 1.36 bits per heavy atom. The van der Waals surface area contributed by atoms with E-state index < -0.39 is 0 Å². The summed E-state index contributed by atoms with van der Waals surface area (Å²) in [5.41, 5.74) is 1.95. The molecule has 2 rings (SSSR count). The average molecular weight is 190 g/mol. The molecule has 0 aliphatic rings. The van der Waals surface area contributed by atoms with Crippen LogP contribution in [0.2, 0.25) is 0 Å². The summed E-state index contributed by atoms with van der Waals surface area (Å²) in [6.07, 6.45) is 0. The minimum atomic E-state index is -0.00593. The largest absolute Gasteiger partial charge is 0.376 e. The molecule has 0 saturated carbocycles. The molecule has 0 fully saturated rings. The number of rotatable bonds is 2. The summed E-state index contributed by atoms with van der Waals surface area (Å²) in [4.78, 5) is 4.49. The molecule has 2 aromatic rings. The second-order valence-corrected chi connectivity index (χ2v) is 3.68. The molecule has 1 aromatic heterocycles. The highest BCUT2D eigenvalue weighted by Gasteiger charge is 2.11. The fraction of sp³-hybridized carbons (Fsp3) is 0.364. The first-order chi connectivity index (χ1) is 6.74. The van der Waals surface area contributed by atoms with E-state index in [4.69, 9.17) is 0 Å². The summed E-state index contributed by atoms with van der Waals surface area (Å²) >= 11 is 0. The molecule has 1 N–H and O–H groups in total. The predicted molar refractivity (Wildman–Crippen MR) is 56.0 cm³/mol. The quantitative estimate of drug-likeness (QED) is 0.787. The first-order valence-electron chi connectivity index (χ1n) is 4.80. The van der Waals surface area contributed by atoms with E-state index in [1.165, 1.54) is 0 Å².